The number of cyclic esters (lactones) is 1. The number of esters is 1. The van der Waals surface area contributed by atoms with Crippen molar-refractivity contribution in [2.24, 2.45) is 0 Å². The van der Waals surface area contributed by atoms with Crippen LogP contribution in [0.1, 0.15) is 34.2 Å². The lowest BCUT2D eigenvalue weighted by Crippen LogP contribution is -2.25. The summed E-state index contributed by atoms with van der Waals surface area (Å²) in [5, 5.41) is 0.660. The highest BCUT2D eigenvalue weighted by molar-refractivity contribution is 7.99. The third-order valence-electron chi connectivity index (χ3n) is 3.30. The molecule has 1 aliphatic heterocycles. The molecule has 0 N–H and O–H groups in total. The molecule has 0 amide bonds. The minimum Gasteiger partial charge on any atom is -0.459 e. The number of ether oxygens (including phenoxy) is 1. The number of hydrogen-bond acceptors (Lipinski definition) is 5. The SMILES string of the molecule is Cc1cc(C)nc(Sc2cccc3c2C(=O)OC(C)C3)n1. The molecule has 5 heteroatoms. The third kappa shape index (κ3) is 2.93. The van der Waals surface area contributed by atoms with E-state index in [1.165, 1.54) is 11.8 Å². The number of aromatic nitrogens is 2. The van der Waals surface area contributed by atoms with Crippen LogP contribution >= 0.6 is 11.8 Å². The van der Waals surface area contributed by atoms with Gasteiger partial charge >= 0.3 is 5.97 Å². The number of carbonyl (C=O) groups excluding carboxylic acids is 1. The summed E-state index contributed by atoms with van der Waals surface area (Å²) in [7, 11) is 0. The molecule has 21 heavy (non-hydrogen) atoms. The van der Waals surface area contributed by atoms with Crippen molar-refractivity contribution in [3.8, 4) is 0 Å². The lowest BCUT2D eigenvalue weighted by atomic mass is 9.99. The first-order valence-electron chi connectivity index (χ1n) is 6.86. The van der Waals surface area contributed by atoms with Crippen molar-refractivity contribution < 1.29 is 9.53 Å². The molecule has 1 unspecified atom stereocenters. The van der Waals surface area contributed by atoms with Gasteiger partial charge in [0.05, 0.1) is 5.56 Å². The summed E-state index contributed by atoms with van der Waals surface area (Å²) in [5.74, 6) is -0.253. The van der Waals surface area contributed by atoms with Crippen LogP contribution < -0.4 is 0 Å². The van der Waals surface area contributed by atoms with Crippen molar-refractivity contribution in [2.75, 3.05) is 0 Å². The second kappa shape index (κ2) is 5.48. The molecule has 0 spiro atoms. The number of benzene rings is 1. The van der Waals surface area contributed by atoms with Crippen molar-refractivity contribution in [2.45, 2.75) is 43.3 Å². The number of fused-ring (bicyclic) bond motifs is 1. The van der Waals surface area contributed by atoms with Crippen molar-refractivity contribution in [1.29, 1.82) is 0 Å². The van der Waals surface area contributed by atoms with Gasteiger partial charge in [-0.1, -0.05) is 12.1 Å². The summed E-state index contributed by atoms with van der Waals surface area (Å²) in [6, 6.07) is 7.80. The van der Waals surface area contributed by atoms with Gasteiger partial charge in [-0.3, -0.25) is 0 Å². The van der Waals surface area contributed by atoms with Gasteiger partial charge < -0.3 is 4.74 Å². The molecule has 108 valence electrons. The highest BCUT2D eigenvalue weighted by atomic mass is 32.2. The Morgan fingerprint density at radius 1 is 1.24 bits per heavy atom. The lowest BCUT2D eigenvalue weighted by Gasteiger charge is -2.23. The Morgan fingerprint density at radius 3 is 2.67 bits per heavy atom. The molecule has 3 rings (SSSR count). The van der Waals surface area contributed by atoms with Gasteiger partial charge in [0.25, 0.3) is 0 Å². The Kier molecular flexibility index (Phi) is 3.68. The van der Waals surface area contributed by atoms with E-state index in [9.17, 15) is 4.79 Å². The maximum absolute atomic E-state index is 12.2. The molecule has 4 nitrogen and oxygen atoms in total. The molecule has 0 saturated carbocycles. The highest BCUT2D eigenvalue weighted by Crippen LogP contribution is 2.33. The Morgan fingerprint density at radius 2 is 1.95 bits per heavy atom. The lowest BCUT2D eigenvalue weighted by molar-refractivity contribution is 0.0296. The molecule has 0 fully saturated rings. The first kappa shape index (κ1) is 14.1. The number of rotatable bonds is 2. The van der Waals surface area contributed by atoms with E-state index < -0.39 is 0 Å². The molecule has 1 atom stereocenters. The molecule has 1 aliphatic rings. The van der Waals surface area contributed by atoms with Gasteiger partial charge in [-0.25, -0.2) is 14.8 Å². The van der Waals surface area contributed by atoms with Crippen LogP contribution in [-0.4, -0.2) is 22.0 Å². The van der Waals surface area contributed by atoms with E-state index in [0.29, 0.717) is 10.7 Å². The normalized spacial score (nSPS) is 17.3. The zero-order valence-electron chi connectivity index (χ0n) is 12.2. The smallest absolute Gasteiger partial charge is 0.339 e. The van der Waals surface area contributed by atoms with E-state index in [4.69, 9.17) is 4.74 Å². The van der Waals surface area contributed by atoms with Crippen LogP contribution in [-0.2, 0) is 11.2 Å². The number of nitrogens with zero attached hydrogens (tertiary/aromatic N) is 2. The van der Waals surface area contributed by atoms with Gasteiger partial charge in [0, 0.05) is 22.7 Å². The van der Waals surface area contributed by atoms with Crippen LogP contribution in [0.25, 0.3) is 0 Å². The molecule has 0 saturated heterocycles. The monoisotopic (exact) mass is 300 g/mol. The van der Waals surface area contributed by atoms with Crippen LogP contribution in [0.5, 0.6) is 0 Å². The van der Waals surface area contributed by atoms with Crippen molar-refractivity contribution in [3.63, 3.8) is 0 Å². The Bertz CT molecular complexity index is 695. The van der Waals surface area contributed by atoms with E-state index >= 15 is 0 Å². The largest absolute Gasteiger partial charge is 0.459 e. The fourth-order valence-electron chi connectivity index (χ4n) is 2.49. The Hall–Kier alpha value is -1.88. The molecular weight excluding hydrogens is 284 g/mol. The van der Waals surface area contributed by atoms with E-state index in [-0.39, 0.29) is 12.1 Å². The molecule has 0 bridgehead atoms. The number of aryl methyl sites for hydroxylation is 2. The van der Waals surface area contributed by atoms with Gasteiger partial charge in [-0.2, -0.15) is 0 Å². The van der Waals surface area contributed by atoms with E-state index in [1.807, 2.05) is 45.0 Å². The van der Waals surface area contributed by atoms with Crippen molar-refractivity contribution in [3.05, 3.63) is 46.8 Å². The standard InChI is InChI=1S/C16H16N2O2S/c1-9-7-10(2)18-16(17-9)21-13-6-4-5-12-8-11(3)20-15(19)14(12)13/h4-7,11H,8H2,1-3H3. The van der Waals surface area contributed by atoms with Gasteiger partial charge in [-0.15, -0.1) is 0 Å². The average molecular weight is 300 g/mol. The van der Waals surface area contributed by atoms with Gasteiger partial charge in [0.15, 0.2) is 5.16 Å². The van der Waals surface area contributed by atoms with E-state index in [1.54, 1.807) is 0 Å². The average Bonchev–Trinajstić information content (AvgIpc) is 2.36. The molecule has 2 aromatic rings. The first-order chi connectivity index (χ1) is 10.0. The second-order valence-corrected chi connectivity index (χ2v) is 6.25. The van der Waals surface area contributed by atoms with Crippen molar-refractivity contribution >= 4 is 17.7 Å². The first-order valence-corrected chi connectivity index (χ1v) is 7.67. The maximum atomic E-state index is 12.2. The molecular formula is C16H16N2O2S. The molecule has 0 radical (unpaired) electrons. The second-order valence-electron chi connectivity index (χ2n) is 5.25. The zero-order chi connectivity index (χ0) is 15.0. The summed E-state index contributed by atoms with van der Waals surface area (Å²) >= 11 is 1.41. The Balaban J connectivity index is 2.00. The zero-order valence-corrected chi connectivity index (χ0v) is 13.0. The third-order valence-corrected chi connectivity index (χ3v) is 4.22. The molecule has 2 heterocycles. The van der Waals surface area contributed by atoms with Gasteiger partial charge in [-0.05, 0) is 50.2 Å². The van der Waals surface area contributed by atoms with E-state index in [2.05, 4.69) is 9.97 Å². The van der Waals surface area contributed by atoms with Crippen LogP contribution in [0.15, 0.2) is 34.3 Å². The quantitative estimate of drug-likeness (QED) is 0.629. The molecule has 1 aromatic carbocycles. The number of carbonyl (C=O) groups is 1. The fourth-order valence-corrected chi connectivity index (χ4v) is 3.53. The molecule has 0 aliphatic carbocycles. The summed E-state index contributed by atoms with van der Waals surface area (Å²) in [5.41, 5.74) is 3.54. The maximum Gasteiger partial charge on any atom is 0.339 e. The fraction of sp³-hybridized carbons (Fsp3) is 0.312. The predicted octanol–water partition coefficient (Wildman–Crippen LogP) is 3.35. The minimum absolute atomic E-state index is 0.0669. The predicted molar refractivity (Wildman–Crippen MR) is 80.7 cm³/mol. The van der Waals surface area contributed by atoms with Crippen LogP contribution in [0, 0.1) is 13.8 Å². The minimum atomic E-state index is -0.253. The topological polar surface area (TPSA) is 52.1 Å². The van der Waals surface area contributed by atoms with Crippen LogP contribution in [0.4, 0.5) is 0 Å². The summed E-state index contributed by atoms with van der Waals surface area (Å²) in [6.07, 6.45) is 0.686. The van der Waals surface area contributed by atoms with E-state index in [0.717, 1.165) is 28.3 Å². The highest BCUT2D eigenvalue weighted by Gasteiger charge is 2.26. The summed E-state index contributed by atoms with van der Waals surface area (Å²) < 4.78 is 5.35. The van der Waals surface area contributed by atoms with Crippen LogP contribution in [0.3, 0.4) is 0 Å². The summed E-state index contributed by atoms with van der Waals surface area (Å²) in [6.45, 7) is 5.79. The number of hydrogen-bond donors (Lipinski definition) is 0. The molecule has 1 aromatic heterocycles. The van der Waals surface area contributed by atoms with Crippen molar-refractivity contribution in [1.82, 2.24) is 9.97 Å². The van der Waals surface area contributed by atoms with Gasteiger partial charge in [0.1, 0.15) is 6.10 Å². The summed E-state index contributed by atoms with van der Waals surface area (Å²) in [4.78, 5) is 21.9. The Labute approximate surface area is 128 Å². The van der Waals surface area contributed by atoms with Gasteiger partial charge in [0.2, 0.25) is 0 Å². The van der Waals surface area contributed by atoms with Crippen LogP contribution in [0.2, 0.25) is 0 Å².